The third-order valence-electron chi connectivity index (χ3n) is 3.87. The van der Waals surface area contributed by atoms with Gasteiger partial charge in [0.15, 0.2) is 0 Å². The van der Waals surface area contributed by atoms with Gasteiger partial charge in [-0.2, -0.15) is 5.06 Å². The summed E-state index contributed by atoms with van der Waals surface area (Å²) in [6.07, 6.45) is 3.57. The second kappa shape index (κ2) is 3.56. The molecule has 2 bridgehead atoms. The minimum atomic E-state index is 0.444. The van der Waals surface area contributed by atoms with Crippen molar-refractivity contribution in [1.29, 1.82) is 0 Å². The van der Waals surface area contributed by atoms with Crippen LogP contribution in [-0.2, 0) is 0 Å². The standard InChI is InChI=1S/C10H20N2O/c1-3-7-4-9-5-8(6-12(9)13)10(7)11-2/h7-11,13H,3-6H2,1-2H3. The second-order valence-corrected chi connectivity index (χ2v) is 4.49. The van der Waals surface area contributed by atoms with E-state index in [1.165, 1.54) is 12.8 Å². The zero-order valence-electron chi connectivity index (χ0n) is 8.53. The Morgan fingerprint density at radius 2 is 2.23 bits per heavy atom. The molecule has 0 aromatic heterocycles. The van der Waals surface area contributed by atoms with Gasteiger partial charge in [-0.15, -0.1) is 0 Å². The molecule has 2 fully saturated rings. The van der Waals surface area contributed by atoms with E-state index in [4.69, 9.17) is 0 Å². The van der Waals surface area contributed by atoms with Gasteiger partial charge in [0.1, 0.15) is 0 Å². The first-order chi connectivity index (χ1) is 6.26. The molecule has 2 rings (SSSR count). The van der Waals surface area contributed by atoms with E-state index in [1.54, 1.807) is 5.06 Å². The van der Waals surface area contributed by atoms with E-state index in [-0.39, 0.29) is 0 Å². The summed E-state index contributed by atoms with van der Waals surface area (Å²) in [5.74, 6) is 1.42. The molecule has 0 aromatic carbocycles. The van der Waals surface area contributed by atoms with E-state index in [1.807, 2.05) is 7.05 Å². The van der Waals surface area contributed by atoms with Crippen molar-refractivity contribution in [2.24, 2.45) is 11.8 Å². The molecule has 1 saturated carbocycles. The van der Waals surface area contributed by atoms with Gasteiger partial charge in [0, 0.05) is 18.6 Å². The van der Waals surface area contributed by atoms with Crippen molar-refractivity contribution in [3.05, 3.63) is 0 Å². The van der Waals surface area contributed by atoms with Crippen LogP contribution < -0.4 is 5.32 Å². The lowest BCUT2D eigenvalue weighted by atomic mass is 9.76. The van der Waals surface area contributed by atoms with Crippen LogP contribution in [0, 0.1) is 11.8 Å². The molecule has 1 aliphatic heterocycles. The SMILES string of the molecule is CCC1CC2CC(CN2O)C1NC. The molecule has 0 amide bonds. The van der Waals surface area contributed by atoms with Crippen molar-refractivity contribution < 1.29 is 5.21 Å². The Bertz CT molecular complexity index is 182. The van der Waals surface area contributed by atoms with Crippen LogP contribution in [0.15, 0.2) is 0 Å². The van der Waals surface area contributed by atoms with E-state index < -0.39 is 0 Å². The van der Waals surface area contributed by atoms with Gasteiger partial charge in [0.05, 0.1) is 0 Å². The highest BCUT2D eigenvalue weighted by Crippen LogP contribution is 2.39. The molecule has 0 aromatic rings. The molecule has 3 nitrogen and oxygen atoms in total. The maximum Gasteiger partial charge on any atom is 0.0357 e. The first-order valence-electron chi connectivity index (χ1n) is 5.39. The molecule has 13 heavy (non-hydrogen) atoms. The summed E-state index contributed by atoms with van der Waals surface area (Å²) in [5.41, 5.74) is 0. The van der Waals surface area contributed by atoms with E-state index in [0.717, 1.165) is 18.9 Å². The normalized spacial score (nSPS) is 45.5. The summed E-state index contributed by atoms with van der Waals surface area (Å²) >= 11 is 0. The van der Waals surface area contributed by atoms with Crippen LogP contribution in [-0.4, -0.2) is 35.9 Å². The molecule has 1 aliphatic carbocycles. The first kappa shape index (κ1) is 9.44. The maximum atomic E-state index is 9.63. The van der Waals surface area contributed by atoms with E-state index in [0.29, 0.717) is 18.0 Å². The fourth-order valence-electron chi connectivity index (χ4n) is 3.19. The third-order valence-corrected chi connectivity index (χ3v) is 3.87. The molecule has 2 aliphatic rings. The van der Waals surface area contributed by atoms with Crippen molar-refractivity contribution in [2.45, 2.75) is 38.3 Å². The molecule has 0 radical (unpaired) electrons. The molecular weight excluding hydrogens is 164 g/mol. The van der Waals surface area contributed by atoms with Gasteiger partial charge >= 0.3 is 0 Å². The topological polar surface area (TPSA) is 35.5 Å². The quantitative estimate of drug-likeness (QED) is 0.674. The molecule has 2 N–H and O–H groups in total. The van der Waals surface area contributed by atoms with Gasteiger partial charge in [-0.05, 0) is 31.7 Å². The lowest BCUT2D eigenvalue weighted by Crippen LogP contribution is -2.43. The highest BCUT2D eigenvalue weighted by atomic mass is 16.5. The van der Waals surface area contributed by atoms with Crippen molar-refractivity contribution in [2.75, 3.05) is 13.6 Å². The van der Waals surface area contributed by atoms with Crippen LogP contribution in [0.25, 0.3) is 0 Å². The number of nitrogens with zero attached hydrogens (tertiary/aromatic N) is 1. The predicted molar refractivity (Wildman–Crippen MR) is 51.6 cm³/mol. The Morgan fingerprint density at radius 1 is 1.46 bits per heavy atom. The number of hydrogen-bond donors (Lipinski definition) is 2. The average Bonchev–Trinajstić information content (AvgIpc) is 2.43. The van der Waals surface area contributed by atoms with E-state index in [2.05, 4.69) is 12.2 Å². The van der Waals surface area contributed by atoms with Crippen LogP contribution in [0.5, 0.6) is 0 Å². The maximum absolute atomic E-state index is 9.63. The minimum Gasteiger partial charge on any atom is -0.316 e. The largest absolute Gasteiger partial charge is 0.316 e. The molecule has 0 spiro atoms. The van der Waals surface area contributed by atoms with Crippen LogP contribution in [0.1, 0.15) is 26.2 Å². The van der Waals surface area contributed by atoms with Gasteiger partial charge < -0.3 is 10.5 Å². The number of hydrogen-bond acceptors (Lipinski definition) is 3. The number of rotatable bonds is 2. The van der Waals surface area contributed by atoms with E-state index >= 15 is 0 Å². The van der Waals surface area contributed by atoms with Crippen LogP contribution >= 0.6 is 0 Å². The number of nitrogens with one attached hydrogen (secondary N) is 1. The zero-order valence-corrected chi connectivity index (χ0v) is 8.53. The van der Waals surface area contributed by atoms with Crippen molar-refractivity contribution in [3.63, 3.8) is 0 Å². The Balaban J connectivity index is 2.09. The predicted octanol–water partition coefficient (Wildman–Crippen LogP) is 1.08. The molecule has 1 saturated heterocycles. The Morgan fingerprint density at radius 3 is 2.85 bits per heavy atom. The summed E-state index contributed by atoms with van der Waals surface area (Å²) in [4.78, 5) is 0. The molecule has 4 atom stereocenters. The fraction of sp³-hybridized carbons (Fsp3) is 1.00. The number of fused-ring (bicyclic) bond motifs is 2. The summed E-state index contributed by atoms with van der Waals surface area (Å²) in [7, 11) is 2.05. The lowest BCUT2D eigenvalue weighted by molar-refractivity contribution is -0.105. The molecule has 76 valence electrons. The van der Waals surface area contributed by atoms with Crippen molar-refractivity contribution >= 4 is 0 Å². The lowest BCUT2D eigenvalue weighted by Gasteiger charge is -2.35. The average molecular weight is 184 g/mol. The van der Waals surface area contributed by atoms with Gasteiger partial charge in [0.2, 0.25) is 0 Å². The Kier molecular flexibility index (Phi) is 2.58. The first-order valence-corrected chi connectivity index (χ1v) is 5.39. The second-order valence-electron chi connectivity index (χ2n) is 4.49. The van der Waals surface area contributed by atoms with E-state index in [9.17, 15) is 5.21 Å². The highest BCUT2D eigenvalue weighted by molar-refractivity contribution is 4.97. The summed E-state index contributed by atoms with van der Waals surface area (Å²) in [6, 6.07) is 1.07. The van der Waals surface area contributed by atoms with Crippen LogP contribution in [0.2, 0.25) is 0 Å². The van der Waals surface area contributed by atoms with Gasteiger partial charge in [0.25, 0.3) is 0 Å². The van der Waals surface area contributed by atoms with Crippen LogP contribution in [0.4, 0.5) is 0 Å². The van der Waals surface area contributed by atoms with Crippen molar-refractivity contribution in [3.8, 4) is 0 Å². The highest BCUT2D eigenvalue weighted by Gasteiger charge is 2.44. The molecular formula is C10H20N2O. The number of hydroxylamine groups is 2. The fourth-order valence-corrected chi connectivity index (χ4v) is 3.19. The molecule has 3 heteroatoms. The zero-order chi connectivity index (χ0) is 9.42. The van der Waals surface area contributed by atoms with Gasteiger partial charge in [-0.1, -0.05) is 13.3 Å². The van der Waals surface area contributed by atoms with Gasteiger partial charge in [-0.25, -0.2) is 0 Å². The van der Waals surface area contributed by atoms with Crippen molar-refractivity contribution in [1.82, 2.24) is 10.4 Å². The third kappa shape index (κ3) is 1.49. The summed E-state index contributed by atoms with van der Waals surface area (Å²) in [5, 5.41) is 14.6. The smallest absolute Gasteiger partial charge is 0.0357 e. The molecule has 4 unspecified atom stereocenters. The monoisotopic (exact) mass is 184 g/mol. The molecule has 1 heterocycles. The minimum absolute atomic E-state index is 0.444. The van der Waals surface area contributed by atoms with Gasteiger partial charge in [-0.3, -0.25) is 0 Å². The summed E-state index contributed by atoms with van der Waals surface area (Å²) in [6.45, 7) is 3.12. The summed E-state index contributed by atoms with van der Waals surface area (Å²) < 4.78 is 0. The van der Waals surface area contributed by atoms with Crippen LogP contribution in [0.3, 0.4) is 0 Å². The Hall–Kier alpha value is -0.120. The Labute approximate surface area is 80.1 Å².